The zero-order chi connectivity index (χ0) is 31.2. The predicted octanol–water partition coefficient (Wildman–Crippen LogP) is 0.509. The van der Waals surface area contributed by atoms with Crippen LogP contribution in [0.1, 0.15) is 25.1 Å². The monoisotopic (exact) mass is 632 g/mol. The average molecular weight is 633 g/mol. The van der Waals surface area contributed by atoms with Crippen LogP contribution >= 0.6 is 7.82 Å². The van der Waals surface area contributed by atoms with Crippen LogP contribution in [0, 0.1) is 0 Å². The highest BCUT2D eigenvalue weighted by Crippen LogP contribution is 2.53. The fourth-order valence-corrected chi connectivity index (χ4v) is 5.19. The molecule has 1 aliphatic heterocycles. The Morgan fingerprint density at radius 1 is 1.05 bits per heavy atom. The van der Waals surface area contributed by atoms with Crippen LogP contribution in [-0.4, -0.2) is 97.4 Å². The number of esters is 1. The molecule has 0 bridgehead atoms. The lowest BCUT2D eigenvalue weighted by atomic mass is 10.1. The van der Waals surface area contributed by atoms with Crippen LogP contribution in [0.5, 0.6) is 5.75 Å². The maximum absolute atomic E-state index is 13.9. The Morgan fingerprint density at radius 3 is 2.35 bits per heavy atom. The molecule has 1 fully saturated rings. The molecule has 0 radical (unpaired) electrons. The van der Waals surface area contributed by atoms with Gasteiger partial charge < -0.3 is 38.4 Å². The first kappa shape index (κ1) is 34.6. The maximum Gasteiger partial charge on any atom is 0.530 e. The lowest BCUT2D eigenvalue weighted by molar-refractivity contribution is -0.144. The fourth-order valence-electron chi connectivity index (χ4n) is 3.80. The number of ether oxygens (including phenoxy) is 5. The van der Waals surface area contributed by atoms with E-state index in [4.69, 9.17) is 37.3 Å². The number of hydrogen-bond donors (Lipinski definition) is 3. The summed E-state index contributed by atoms with van der Waals surface area (Å²) in [5, 5.41) is 20.9. The van der Waals surface area contributed by atoms with Gasteiger partial charge in [-0.15, -0.1) is 0 Å². The van der Waals surface area contributed by atoms with Crippen molar-refractivity contribution in [1.82, 2.24) is 9.55 Å². The third-order valence-electron chi connectivity index (χ3n) is 5.98. The van der Waals surface area contributed by atoms with Gasteiger partial charge >= 0.3 is 19.5 Å². The number of benzene rings is 1. The number of methoxy groups -OCH3 is 1. The van der Waals surface area contributed by atoms with Gasteiger partial charge in [0.2, 0.25) is 0 Å². The van der Waals surface area contributed by atoms with E-state index in [1.165, 1.54) is 12.1 Å². The SMILES string of the molecule is CCC(=O)OCc1ccc(OP(=O)(OCCOCCOCCOC)OC2C(O)[C@H](n3ccc(=O)[nH]c3=O)O[C@@H]2CO)cc1. The number of hydrogen-bond acceptors (Lipinski definition) is 14. The minimum absolute atomic E-state index is 0.0192. The summed E-state index contributed by atoms with van der Waals surface area (Å²) < 4.78 is 57.8. The maximum atomic E-state index is 13.9. The van der Waals surface area contributed by atoms with Gasteiger partial charge in [-0.25, -0.2) is 9.36 Å². The Labute approximate surface area is 247 Å². The van der Waals surface area contributed by atoms with Gasteiger partial charge in [0.15, 0.2) is 6.23 Å². The van der Waals surface area contributed by atoms with Crippen molar-refractivity contribution in [3.8, 4) is 5.75 Å². The number of rotatable bonds is 19. The molecule has 43 heavy (non-hydrogen) atoms. The normalized spacial score (nSPS) is 21.4. The number of carbonyl (C=O) groups is 1. The summed E-state index contributed by atoms with van der Waals surface area (Å²) in [7, 11) is -2.99. The molecule has 1 aromatic heterocycles. The standard InChI is InChI=1S/C26H37N2O14P/c1-3-22(31)38-17-18-4-6-19(7-5-18)41-43(34,39-15-14-37-13-12-36-11-10-35-2)42-24-20(16-29)40-25(23(24)32)28-9-8-21(30)27-26(28)33/h4-9,20,23-25,29,32H,3,10-17H2,1-2H3,(H,27,30,33)/t20-,23?,24?,25-,43?/m1/s1. The topological polar surface area (TPSA) is 203 Å². The molecule has 0 amide bonds. The Bertz CT molecular complexity index is 1300. The van der Waals surface area contributed by atoms with Crippen LogP contribution in [0.25, 0.3) is 0 Å². The third kappa shape index (κ3) is 10.6. The van der Waals surface area contributed by atoms with E-state index in [0.717, 1.165) is 16.8 Å². The van der Waals surface area contributed by atoms with E-state index in [1.54, 1.807) is 26.2 Å². The van der Waals surface area contributed by atoms with Crippen molar-refractivity contribution in [2.24, 2.45) is 0 Å². The van der Waals surface area contributed by atoms with E-state index >= 15 is 0 Å². The molecule has 0 aliphatic carbocycles. The van der Waals surface area contributed by atoms with Crippen LogP contribution < -0.4 is 15.8 Å². The van der Waals surface area contributed by atoms with Gasteiger partial charge in [-0.3, -0.25) is 28.2 Å². The molecule has 2 aromatic rings. The number of H-pyrrole nitrogens is 1. The van der Waals surface area contributed by atoms with Crippen molar-refractivity contribution >= 4 is 13.8 Å². The van der Waals surface area contributed by atoms with E-state index in [1.807, 2.05) is 4.98 Å². The minimum Gasteiger partial charge on any atom is -0.461 e. The van der Waals surface area contributed by atoms with Crippen molar-refractivity contribution in [3.05, 3.63) is 62.9 Å². The molecule has 3 N–H and O–H groups in total. The Balaban J connectivity index is 1.71. The number of nitrogens with one attached hydrogen (secondary N) is 1. The molecule has 3 unspecified atom stereocenters. The van der Waals surface area contributed by atoms with E-state index < -0.39 is 50.2 Å². The van der Waals surface area contributed by atoms with Crippen LogP contribution in [0.4, 0.5) is 0 Å². The van der Waals surface area contributed by atoms with Crippen molar-refractivity contribution in [1.29, 1.82) is 0 Å². The second kappa shape index (κ2) is 17.4. The van der Waals surface area contributed by atoms with E-state index in [-0.39, 0.29) is 44.6 Å². The molecule has 0 saturated carbocycles. The highest BCUT2D eigenvalue weighted by molar-refractivity contribution is 7.49. The van der Waals surface area contributed by atoms with E-state index in [2.05, 4.69) is 0 Å². The zero-order valence-electron chi connectivity index (χ0n) is 23.8. The molecule has 5 atom stereocenters. The summed E-state index contributed by atoms with van der Waals surface area (Å²) in [5.41, 5.74) is -0.899. The van der Waals surface area contributed by atoms with Gasteiger partial charge in [-0.05, 0) is 17.7 Å². The highest BCUT2D eigenvalue weighted by atomic mass is 31.2. The quantitative estimate of drug-likeness (QED) is 0.110. The molecule has 0 spiro atoms. The summed E-state index contributed by atoms with van der Waals surface area (Å²) in [5.74, 6) is -0.308. The number of phosphoric acid groups is 1. The number of nitrogens with zero attached hydrogens (tertiary/aromatic N) is 1. The van der Waals surface area contributed by atoms with Crippen LogP contribution in [-0.2, 0) is 48.7 Å². The van der Waals surface area contributed by atoms with Gasteiger partial charge in [0.25, 0.3) is 5.56 Å². The number of carbonyl (C=O) groups excluding carboxylic acids is 1. The molecule has 1 aliphatic rings. The Morgan fingerprint density at radius 2 is 1.72 bits per heavy atom. The molecule has 1 saturated heterocycles. The fraction of sp³-hybridized carbons (Fsp3) is 0.577. The summed E-state index contributed by atoms with van der Waals surface area (Å²) in [4.78, 5) is 37.2. The zero-order valence-corrected chi connectivity index (χ0v) is 24.7. The van der Waals surface area contributed by atoms with E-state index in [9.17, 15) is 29.2 Å². The molecular formula is C26H37N2O14P. The average Bonchev–Trinajstić information content (AvgIpc) is 3.29. The predicted molar refractivity (Wildman–Crippen MR) is 147 cm³/mol. The summed E-state index contributed by atoms with van der Waals surface area (Å²) in [6, 6.07) is 7.12. The van der Waals surface area contributed by atoms with Crippen molar-refractivity contribution in [2.45, 2.75) is 44.5 Å². The lowest BCUT2D eigenvalue weighted by Crippen LogP contribution is -2.39. The summed E-state index contributed by atoms with van der Waals surface area (Å²) >= 11 is 0. The number of phosphoric ester groups is 1. The van der Waals surface area contributed by atoms with Crippen molar-refractivity contribution < 1.29 is 56.8 Å². The van der Waals surface area contributed by atoms with Crippen LogP contribution in [0.2, 0.25) is 0 Å². The first-order chi connectivity index (χ1) is 20.7. The Hall–Kier alpha value is -2.92. The molecule has 16 nitrogen and oxygen atoms in total. The second-order valence-electron chi connectivity index (χ2n) is 9.07. The highest BCUT2D eigenvalue weighted by Gasteiger charge is 2.50. The minimum atomic E-state index is -4.55. The number of aromatic amines is 1. The van der Waals surface area contributed by atoms with Gasteiger partial charge in [-0.1, -0.05) is 19.1 Å². The van der Waals surface area contributed by atoms with Gasteiger partial charge in [0.05, 0.1) is 46.2 Å². The molecule has 17 heteroatoms. The molecular weight excluding hydrogens is 595 g/mol. The molecule has 240 valence electrons. The lowest BCUT2D eigenvalue weighted by Gasteiger charge is -2.25. The van der Waals surface area contributed by atoms with Gasteiger partial charge in [0, 0.05) is 25.8 Å². The van der Waals surface area contributed by atoms with Gasteiger partial charge in [0.1, 0.15) is 30.7 Å². The van der Waals surface area contributed by atoms with Crippen LogP contribution in [0.15, 0.2) is 46.1 Å². The smallest absolute Gasteiger partial charge is 0.461 e. The summed E-state index contributed by atoms with van der Waals surface area (Å²) in [6.07, 6.45) is -4.44. The first-order valence-corrected chi connectivity index (χ1v) is 14.9. The second-order valence-corrected chi connectivity index (χ2v) is 10.6. The first-order valence-electron chi connectivity index (χ1n) is 13.5. The van der Waals surface area contributed by atoms with E-state index in [0.29, 0.717) is 25.4 Å². The largest absolute Gasteiger partial charge is 0.530 e. The van der Waals surface area contributed by atoms with Crippen molar-refractivity contribution in [2.75, 3.05) is 53.4 Å². The summed E-state index contributed by atoms with van der Waals surface area (Å²) in [6.45, 7) is 2.10. The number of aliphatic hydroxyl groups is 2. The molecule has 3 rings (SSSR count). The van der Waals surface area contributed by atoms with Gasteiger partial charge in [-0.2, -0.15) is 0 Å². The third-order valence-corrected chi connectivity index (χ3v) is 7.41. The van der Waals surface area contributed by atoms with Crippen LogP contribution in [0.3, 0.4) is 0 Å². The van der Waals surface area contributed by atoms with Crippen molar-refractivity contribution in [3.63, 3.8) is 0 Å². The number of aliphatic hydroxyl groups excluding tert-OH is 2. The number of aromatic nitrogens is 2. The molecule has 1 aromatic carbocycles. The Kier molecular flexibility index (Phi) is 14.0. The molecule has 2 heterocycles.